The van der Waals surface area contributed by atoms with Gasteiger partial charge < -0.3 is 5.32 Å². The predicted molar refractivity (Wildman–Crippen MR) is 139 cm³/mol. The highest BCUT2D eigenvalue weighted by Crippen LogP contribution is 2.28. The van der Waals surface area contributed by atoms with Gasteiger partial charge in [0.25, 0.3) is 5.91 Å². The fraction of sp³-hybridized carbons (Fsp3) is 0.240. The first-order chi connectivity index (χ1) is 17.5. The highest BCUT2D eigenvalue weighted by molar-refractivity contribution is 7.91. The minimum absolute atomic E-state index is 0.0102. The first kappa shape index (κ1) is 26.3. The molecule has 0 bridgehead atoms. The molecule has 2 heterocycles. The van der Waals surface area contributed by atoms with E-state index < -0.39 is 31.8 Å². The van der Waals surface area contributed by atoms with E-state index >= 15 is 0 Å². The highest BCUT2D eigenvalue weighted by Gasteiger charge is 2.30. The number of hydrogen-bond acceptors (Lipinski definition) is 7. The van der Waals surface area contributed by atoms with Crippen LogP contribution in [0.2, 0.25) is 0 Å². The second-order valence-corrected chi connectivity index (χ2v) is 13.2. The Morgan fingerprint density at radius 2 is 1.92 bits per heavy atom. The summed E-state index contributed by atoms with van der Waals surface area (Å²) in [6.07, 6.45) is 3.30. The largest absolute Gasteiger partial charge is 0.348 e. The number of sulfone groups is 1. The summed E-state index contributed by atoms with van der Waals surface area (Å²) in [4.78, 5) is 12.9. The van der Waals surface area contributed by atoms with E-state index in [1.54, 1.807) is 23.0 Å². The summed E-state index contributed by atoms with van der Waals surface area (Å²) in [6.45, 7) is 0. The lowest BCUT2D eigenvalue weighted by Crippen LogP contribution is -2.36. The van der Waals surface area contributed by atoms with Crippen LogP contribution in [0.3, 0.4) is 0 Å². The zero-order valence-electron chi connectivity index (χ0n) is 20.2. The summed E-state index contributed by atoms with van der Waals surface area (Å²) >= 11 is 0. The van der Waals surface area contributed by atoms with Crippen molar-refractivity contribution in [2.45, 2.75) is 17.4 Å². The lowest BCUT2D eigenvalue weighted by molar-refractivity contribution is -0.117. The third kappa shape index (κ3) is 5.80. The van der Waals surface area contributed by atoms with Crippen LogP contribution in [0.4, 0.5) is 0 Å². The van der Waals surface area contributed by atoms with E-state index in [0.717, 1.165) is 9.99 Å². The van der Waals surface area contributed by atoms with Crippen LogP contribution in [-0.2, 0) is 24.7 Å². The zero-order chi connectivity index (χ0) is 26.8. The number of carbonyl (C=O) groups excluding carboxylic acids is 1. The lowest BCUT2D eigenvalue weighted by Gasteiger charge is -2.12. The molecule has 3 aromatic rings. The number of para-hydroxylation sites is 1. The maximum absolute atomic E-state index is 12.8. The topological polar surface area (TPSA) is 142 Å². The molecule has 1 aliphatic rings. The minimum Gasteiger partial charge on any atom is -0.348 e. The van der Waals surface area contributed by atoms with Crippen LogP contribution in [-0.4, -0.2) is 68.5 Å². The SMILES string of the molecule is CN(C)S(=O)(=O)c1cccc(-c2nn(-c3ccccc3)cc2/C=C(\C#N)C(=O)N[C@H]2CCS(=O)(=O)C2)c1. The van der Waals surface area contributed by atoms with E-state index in [1.165, 1.54) is 32.3 Å². The normalized spacial score (nSPS) is 17.5. The van der Waals surface area contributed by atoms with Crippen molar-refractivity contribution in [3.63, 3.8) is 0 Å². The summed E-state index contributed by atoms with van der Waals surface area (Å²) in [6, 6.07) is 16.8. The molecule has 0 saturated carbocycles. The van der Waals surface area contributed by atoms with Gasteiger partial charge in [0, 0.05) is 37.5 Å². The van der Waals surface area contributed by atoms with Crippen LogP contribution >= 0.6 is 0 Å². The molecule has 0 radical (unpaired) electrons. The van der Waals surface area contributed by atoms with E-state index in [2.05, 4.69) is 10.4 Å². The van der Waals surface area contributed by atoms with Crippen molar-refractivity contribution in [2.24, 2.45) is 0 Å². The third-order valence-corrected chi connectivity index (χ3v) is 9.46. The summed E-state index contributed by atoms with van der Waals surface area (Å²) in [5, 5.41) is 17.0. The van der Waals surface area contributed by atoms with Crippen molar-refractivity contribution in [2.75, 3.05) is 25.6 Å². The molecule has 1 aromatic heterocycles. The average molecular weight is 540 g/mol. The van der Waals surface area contributed by atoms with Crippen LogP contribution in [0.5, 0.6) is 0 Å². The number of sulfonamides is 1. The fourth-order valence-corrected chi connectivity index (χ4v) is 6.54. The molecule has 2 aromatic carbocycles. The van der Waals surface area contributed by atoms with Gasteiger partial charge in [-0.05, 0) is 36.8 Å². The molecule has 1 saturated heterocycles. The van der Waals surface area contributed by atoms with Gasteiger partial charge in [-0.1, -0.05) is 30.3 Å². The fourth-order valence-electron chi connectivity index (χ4n) is 3.92. The molecule has 4 rings (SSSR count). The molecule has 10 nitrogen and oxygen atoms in total. The van der Waals surface area contributed by atoms with Gasteiger partial charge in [-0.15, -0.1) is 0 Å². The number of nitrogens with zero attached hydrogens (tertiary/aromatic N) is 4. The second kappa shape index (κ2) is 10.3. The average Bonchev–Trinajstić information content (AvgIpc) is 3.45. The number of rotatable bonds is 7. The van der Waals surface area contributed by atoms with Crippen LogP contribution < -0.4 is 5.32 Å². The van der Waals surface area contributed by atoms with E-state index in [1.807, 2.05) is 36.4 Å². The Balaban J connectivity index is 1.78. The van der Waals surface area contributed by atoms with E-state index in [9.17, 15) is 26.9 Å². The van der Waals surface area contributed by atoms with Gasteiger partial charge in [0.1, 0.15) is 17.3 Å². The Kier molecular flexibility index (Phi) is 7.31. The molecule has 37 heavy (non-hydrogen) atoms. The van der Waals surface area contributed by atoms with Gasteiger partial charge >= 0.3 is 0 Å². The lowest BCUT2D eigenvalue weighted by atomic mass is 10.1. The summed E-state index contributed by atoms with van der Waals surface area (Å²) < 4.78 is 51.6. The quantitative estimate of drug-likeness (QED) is 0.357. The minimum atomic E-state index is -3.71. The molecule has 1 amide bonds. The second-order valence-electron chi connectivity index (χ2n) is 8.77. The Morgan fingerprint density at radius 3 is 2.54 bits per heavy atom. The van der Waals surface area contributed by atoms with Gasteiger partial charge in [0.15, 0.2) is 9.84 Å². The molecular weight excluding hydrogens is 514 g/mol. The molecule has 1 N–H and O–H groups in total. The molecule has 0 spiro atoms. The van der Waals surface area contributed by atoms with Gasteiger partial charge in [0.2, 0.25) is 10.0 Å². The maximum Gasteiger partial charge on any atom is 0.262 e. The summed E-state index contributed by atoms with van der Waals surface area (Å²) in [5.74, 6) is -0.863. The van der Waals surface area contributed by atoms with E-state index in [-0.39, 0.29) is 28.4 Å². The monoisotopic (exact) mass is 539 g/mol. The molecular formula is C25H25N5O5S2. The van der Waals surface area contributed by atoms with Crippen molar-refractivity contribution in [1.82, 2.24) is 19.4 Å². The van der Waals surface area contributed by atoms with Crippen molar-refractivity contribution >= 4 is 31.8 Å². The molecule has 192 valence electrons. The van der Waals surface area contributed by atoms with Gasteiger partial charge in [-0.2, -0.15) is 10.4 Å². The smallest absolute Gasteiger partial charge is 0.262 e. The van der Waals surface area contributed by atoms with Crippen LogP contribution in [0.15, 0.2) is 71.3 Å². The molecule has 1 fully saturated rings. The number of amides is 1. The number of hydrogen-bond donors (Lipinski definition) is 1. The van der Waals surface area contributed by atoms with Crippen molar-refractivity contribution in [1.29, 1.82) is 5.26 Å². The Morgan fingerprint density at radius 1 is 1.19 bits per heavy atom. The van der Waals surface area contributed by atoms with Gasteiger partial charge in [-0.25, -0.2) is 25.8 Å². The Hall–Kier alpha value is -3.79. The van der Waals surface area contributed by atoms with Crippen molar-refractivity contribution < 1.29 is 21.6 Å². The number of nitrogens with one attached hydrogen (secondary N) is 1. The predicted octanol–water partition coefficient (Wildman–Crippen LogP) is 2.00. The Bertz CT molecular complexity index is 1620. The molecule has 0 aliphatic carbocycles. The standard InChI is InChI=1S/C25H25N5O5S2/c1-29(2)37(34,35)23-10-6-7-18(14-23)24-20(16-30(28-24)22-8-4-3-5-9-22)13-19(15-26)25(31)27-21-11-12-36(32,33)17-21/h3-10,13-14,16,21H,11-12,17H2,1-2H3,(H,27,31)/b19-13+/t21-/m0/s1. The van der Waals surface area contributed by atoms with E-state index in [4.69, 9.17) is 0 Å². The number of benzene rings is 2. The maximum atomic E-state index is 12.8. The zero-order valence-corrected chi connectivity index (χ0v) is 21.8. The third-order valence-electron chi connectivity index (χ3n) is 5.88. The molecule has 12 heteroatoms. The summed E-state index contributed by atoms with van der Waals surface area (Å²) in [7, 11) is -4.04. The van der Waals surface area contributed by atoms with Gasteiger partial charge in [-0.3, -0.25) is 4.79 Å². The number of aromatic nitrogens is 2. The molecule has 1 aliphatic heterocycles. The van der Waals surface area contributed by atoms with Crippen LogP contribution in [0.1, 0.15) is 12.0 Å². The first-order valence-electron chi connectivity index (χ1n) is 11.3. The number of nitriles is 1. The van der Waals surface area contributed by atoms with Crippen molar-refractivity contribution in [3.8, 4) is 23.0 Å². The Labute approximate surface area is 215 Å². The van der Waals surface area contributed by atoms with E-state index in [0.29, 0.717) is 16.8 Å². The van der Waals surface area contributed by atoms with Crippen LogP contribution in [0.25, 0.3) is 23.0 Å². The molecule has 0 unspecified atom stereocenters. The van der Waals surface area contributed by atoms with Crippen LogP contribution in [0, 0.1) is 11.3 Å². The number of carbonyl (C=O) groups is 1. The summed E-state index contributed by atoms with van der Waals surface area (Å²) in [5.41, 5.74) is 1.75. The first-order valence-corrected chi connectivity index (χ1v) is 14.6. The molecule has 1 atom stereocenters. The highest BCUT2D eigenvalue weighted by atomic mass is 32.2. The van der Waals surface area contributed by atoms with Gasteiger partial charge in [0.05, 0.1) is 22.1 Å². The van der Waals surface area contributed by atoms with Crippen molar-refractivity contribution in [3.05, 3.63) is 71.9 Å².